The van der Waals surface area contributed by atoms with Crippen LogP contribution in [0.15, 0.2) is 42.7 Å². The summed E-state index contributed by atoms with van der Waals surface area (Å²) in [5.74, 6) is 1.09. The Hall–Kier alpha value is -1.90. The first-order valence-corrected chi connectivity index (χ1v) is 7.54. The third kappa shape index (κ3) is 2.65. The van der Waals surface area contributed by atoms with Gasteiger partial charge in [-0.25, -0.2) is 4.98 Å². The highest BCUT2D eigenvalue weighted by molar-refractivity contribution is 5.95. The number of nitrogens with zero attached hydrogens (tertiary/aromatic N) is 2. The van der Waals surface area contributed by atoms with Gasteiger partial charge in [-0.2, -0.15) is 0 Å². The highest BCUT2D eigenvalue weighted by Gasteiger charge is 2.44. The van der Waals surface area contributed by atoms with Gasteiger partial charge in [-0.15, -0.1) is 0 Å². The quantitative estimate of drug-likeness (QED) is 0.802. The number of hydrogen-bond donors (Lipinski definition) is 0. The zero-order chi connectivity index (χ0) is 15.0. The molecule has 1 heterocycles. The molecule has 0 aliphatic heterocycles. The van der Waals surface area contributed by atoms with Crippen molar-refractivity contribution in [3.63, 3.8) is 0 Å². The first-order valence-electron chi connectivity index (χ1n) is 7.54. The van der Waals surface area contributed by atoms with Crippen molar-refractivity contribution in [3.8, 4) is 0 Å². The van der Waals surface area contributed by atoms with Gasteiger partial charge in [0, 0.05) is 25.4 Å². The molecule has 0 spiro atoms. The van der Waals surface area contributed by atoms with E-state index in [4.69, 9.17) is 0 Å². The predicted molar refractivity (Wildman–Crippen MR) is 83.2 cm³/mol. The number of rotatable bonds is 3. The molecule has 0 N–H and O–H groups in total. The molecule has 1 aromatic carbocycles. The lowest BCUT2D eigenvalue weighted by Crippen LogP contribution is -2.21. The van der Waals surface area contributed by atoms with Gasteiger partial charge in [-0.3, -0.25) is 4.79 Å². The Labute approximate surface area is 126 Å². The SMILES string of the molecule is Cn1ccnc1C(=O)[C@H]1CC(C)(C)C[C@@H]1c1ccccc1. The van der Waals surface area contributed by atoms with Crippen LogP contribution >= 0.6 is 0 Å². The lowest BCUT2D eigenvalue weighted by molar-refractivity contribution is 0.0891. The predicted octanol–water partition coefficient (Wildman–Crippen LogP) is 3.82. The molecular weight excluding hydrogens is 260 g/mol. The average molecular weight is 282 g/mol. The van der Waals surface area contributed by atoms with E-state index in [9.17, 15) is 4.79 Å². The summed E-state index contributed by atoms with van der Waals surface area (Å²) in [5.41, 5.74) is 1.47. The topological polar surface area (TPSA) is 34.9 Å². The zero-order valence-electron chi connectivity index (χ0n) is 12.9. The van der Waals surface area contributed by atoms with E-state index in [2.05, 4.69) is 43.1 Å². The van der Waals surface area contributed by atoms with E-state index < -0.39 is 0 Å². The van der Waals surface area contributed by atoms with Crippen molar-refractivity contribution in [2.75, 3.05) is 0 Å². The Morgan fingerprint density at radius 1 is 1.24 bits per heavy atom. The van der Waals surface area contributed by atoms with E-state index in [-0.39, 0.29) is 17.1 Å². The first kappa shape index (κ1) is 14.1. The van der Waals surface area contributed by atoms with Crippen molar-refractivity contribution < 1.29 is 4.79 Å². The van der Waals surface area contributed by atoms with Gasteiger partial charge in [0.2, 0.25) is 5.78 Å². The molecule has 2 aromatic rings. The molecule has 1 saturated carbocycles. The van der Waals surface area contributed by atoms with Crippen molar-refractivity contribution in [2.24, 2.45) is 18.4 Å². The smallest absolute Gasteiger partial charge is 0.201 e. The highest BCUT2D eigenvalue weighted by atomic mass is 16.1. The Balaban J connectivity index is 1.95. The molecule has 3 heteroatoms. The van der Waals surface area contributed by atoms with Crippen LogP contribution in [0, 0.1) is 11.3 Å². The first-order chi connectivity index (χ1) is 9.98. The molecule has 110 valence electrons. The number of ketones is 1. The number of hydrogen-bond acceptors (Lipinski definition) is 2. The minimum absolute atomic E-state index is 0.0310. The third-order valence-electron chi connectivity index (χ3n) is 4.64. The second-order valence-corrected chi connectivity index (χ2v) is 6.92. The fourth-order valence-corrected chi connectivity index (χ4v) is 3.65. The molecule has 0 amide bonds. The van der Waals surface area contributed by atoms with Crippen LogP contribution in [0.25, 0.3) is 0 Å². The maximum atomic E-state index is 12.9. The number of aryl methyl sites for hydroxylation is 1. The summed E-state index contributed by atoms with van der Waals surface area (Å²) in [6, 6.07) is 10.4. The number of carbonyl (C=O) groups is 1. The molecule has 1 fully saturated rings. The molecule has 0 unspecified atom stereocenters. The summed E-state index contributed by atoms with van der Waals surface area (Å²) >= 11 is 0. The Kier molecular flexibility index (Phi) is 3.44. The van der Waals surface area contributed by atoms with Gasteiger partial charge >= 0.3 is 0 Å². The van der Waals surface area contributed by atoms with Gasteiger partial charge in [0.15, 0.2) is 5.82 Å². The van der Waals surface area contributed by atoms with Crippen molar-refractivity contribution in [2.45, 2.75) is 32.6 Å². The summed E-state index contributed by atoms with van der Waals surface area (Å²) in [6.07, 6.45) is 5.52. The van der Waals surface area contributed by atoms with Gasteiger partial charge in [-0.05, 0) is 29.7 Å². The van der Waals surface area contributed by atoms with Crippen LogP contribution in [0.4, 0.5) is 0 Å². The molecule has 2 atom stereocenters. The lowest BCUT2D eigenvalue weighted by atomic mass is 9.86. The summed E-state index contributed by atoms with van der Waals surface area (Å²) in [5, 5.41) is 0. The second-order valence-electron chi connectivity index (χ2n) is 6.92. The van der Waals surface area contributed by atoms with Crippen LogP contribution in [-0.4, -0.2) is 15.3 Å². The van der Waals surface area contributed by atoms with Crippen molar-refractivity contribution >= 4 is 5.78 Å². The van der Waals surface area contributed by atoms with Crippen LogP contribution in [0.1, 0.15) is 48.8 Å². The Morgan fingerprint density at radius 3 is 2.57 bits per heavy atom. The van der Waals surface area contributed by atoms with Crippen LogP contribution in [0.2, 0.25) is 0 Å². The average Bonchev–Trinajstić information content (AvgIpc) is 3.02. The molecular formula is C18H22N2O. The molecule has 0 saturated heterocycles. The maximum Gasteiger partial charge on any atom is 0.201 e. The number of benzene rings is 1. The van der Waals surface area contributed by atoms with Crippen molar-refractivity contribution in [1.82, 2.24) is 9.55 Å². The van der Waals surface area contributed by atoms with Gasteiger partial charge in [0.05, 0.1) is 0 Å². The molecule has 1 aromatic heterocycles. The fraction of sp³-hybridized carbons (Fsp3) is 0.444. The monoisotopic (exact) mass is 282 g/mol. The summed E-state index contributed by atoms with van der Waals surface area (Å²) in [6.45, 7) is 4.52. The molecule has 3 rings (SSSR count). The molecule has 0 bridgehead atoms. The molecule has 1 aliphatic carbocycles. The van der Waals surface area contributed by atoms with Gasteiger partial charge in [-0.1, -0.05) is 44.2 Å². The van der Waals surface area contributed by atoms with Crippen LogP contribution < -0.4 is 0 Å². The fourth-order valence-electron chi connectivity index (χ4n) is 3.65. The summed E-state index contributed by atoms with van der Waals surface area (Å²) in [7, 11) is 1.89. The second kappa shape index (κ2) is 5.14. The van der Waals surface area contributed by atoms with Gasteiger partial charge in [0.1, 0.15) is 0 Å². The van der Waals surface area contributed by atoms with E-state index in [1.165, 1.54) is 5.56 Å². The summed E-state index contributed by atoms with van der Waals surface area (Å²) < 4.78 is 1.83. The molecule has 21 heavy (non-hydrogen) atoms. The van der Waals surface area contributed by atoms with E-state index >= 15 is 0 Å². The largest absolute Gasteiger partial charge is 0.332 e. The maximum absolute atomic E-state index is 12.9. The van der Waals surface area contributed by atoms with Gasteiger partial charge < -0.3 is 4.57 Å². The third-order valence-corrected chi connectivity index (χ3v) is 4.64. The number of carbonyl (C=O) groups excluding carboxylic acids is 1. The van der Waals surface area contributed by atoms with Crippen LogP contribution in [-0.2, 0) is 7.05 Å². The highest BCUT2D eigenvalue weighted by Crippen LogP contribution is 2.50. The van der Waals surface area contributed by atoms with E-state index in [0.29, 0.717) is 11.7 Å². The van der Waals surface area contributed by atoms with E-state index in [0.717, 1.165) is 12.8 Å². The normalized spacial score (nSPS) is 24.1. The standard InChI is InChI=1S/C18H22N2O/c1-18(2)11-14(13-7-5-4-6-8-13)15(12-18)16(21)17-19-9-10-20(17)3/h4-10,14-15H,11-12H2,1-3H3/t14-,15+/m1/s1. The number of imidazole rings is 1. The van der Waals surface area contributed by atoms with Crippen LogP contribution in [0.3, 0.4) is 0 Å². The van der Waals surface area contributed by atoms with E-state index in [1.54, 1.807) is 6.20 Å². The lowest BCUT2D eigenvalue weighted by Gasteiger charge is -2.18. The summed E-state index contributed by atoms with van der Waals surface area (Å²) in [4.78, 5) is 17.2. The van der Waals surface area contributed by atoms with Crippen LogP contribution in [0.5, 0.6) is 0 Å². The van der Waals surface area contributed by atoms with Gasteiger partial charge in [0.25, 0.3) is 0 Å². The minimum atomic E-state index is 0.0310. The van der Waals surface area contributed by atoms with Crippen molar-refractivity contribution in [3.05, 3.63) is 54.1 Å². The Bertz CT molecular complexity index is 642. The molecule has 0 radical (unpaired) electrons. The zero-order valence-corrected chi connectivity index (χ0v) is 12.9. The van der Waals surface area contributed by atoms with Crippen molar-refractivity contribution in [1.29, 1.82) is 0 Å². The van der Waals surface area contributed by atoms with E-state index in [1.807, 2.05) is 23.9 Å². The molecule has 3 nitrogen and oxygen atoms in total. The number of aromatic nitrogens is 2. The molecule has 1 aliphatic rings. The number of Topliss-reactive ketones (excluding diaryl/α,β-unsaturated/α-hetero) is 1. The minimum Gasteiger partial charge on any atom is -0.332 e. The Morgan fingerprint density at radius 2 is 1.95 bits per heavy atom.